The summed E-state index contributed by atoms with van der Waals surface area (Å²) >= 11 is 0. The highest BCUT2D eigenvalue weighted by Crippen LogP contribution is 2.66. The van der Waals surface area contributed by atoms with Crippen molar-refractivity contribution in [1.29, 1.82) is 0 Å². The van der Waals surface area contributed by atoms with Crippen molar-refractivity contribution in [3.63, 3.8) is 0 Å². The van der Waals surface area contributed by atoms with Gasteiger partial charge in [0.25, 0.3) is 0 Å². The molecule has 0 aliphatic heterocycles. The van der Waals surface area contributed by atoms with Crippen LogP contribution in [0, 0.1) is 0 Å². The zero-order valence-electron chi connectivity index (χ0n) is 14.2. The van der Waals surface area contributed by atoms with Crippen LogP contribution in [0.4, 0.5) is 96.6 Å². The Labute approximate surface area is 168 Å². The van der Waals surface area contributed by atoms with Crippen molar-refractivity contribution in [3.05, 3.63) is 0 Å². The number of alkyl halides is 21. The minimum absolute atomic E-state index is 5.05. The second-order valence-corrected chi connectivity index (χ2v) is 5.94. The van der Waals surface area contributed by atoms with E-state index in [-0.39, 0.29) is 0 Å². The SMILES string of the molecule is O=C(F)C(F)(F)C(F)(F)C(F)(F)C(F)(F)C(F)(F)C(F)(F)C(F)(F)C(F)(F)C(F)(F)C(F)(F)F. The first-order valence-corrected chi connectivity index (χ1v) is 6.86. The summed E-state index contributed by atoms with van der Waals surface area (Å²) in [6.07, 6.45) is -8.06. The predicted octanol–water partition coefficient (Wildman–Crippen LogP) is 6.76. The van der Waals surface area contributed by atoms with Gasteiger partial charge in [-0.15, -0.1) is 0 Å². The highest BCUT2D eigenvalue weighted by molar-refractivity contribution is 5.78. The van der Waals surface area contributed by atoms with E-state index in [0.717, 1.165) is 0 Å². The summed E-state index contributed by atoms with van der Waals surface area (Å²) in [5.41, 5.74) is 0. The quantitative estimate of drug-likeness (QED) is 0.223. The van der Waals surface area contributed by atoms with Crippen LogP contribution in [0.3, 0.4) is 0 Å². The lowest BCUT2D eigenvalue weighted by Crippen LogP contribution is -2.77. The maximum atomic E-state index is 13.2. The molecule has 0 N–H and O–H groups in total. The fourth-order valence-corrected chi connectivity index (χ4v) is 1.68. The molecule has 23 heteroatoms. The van der Waals surface area contributed by atoms with Crippen LogP contribution in [-0.4, -0.2) is 65.5 Å². The standard InChI is InChI=1S/C11F22O/c12-1(34)2(13,14)3(15,16)4(17,18)5(19,20)6(21,22)7(23,24)8(25,26)9(27,28)10(29,30)11(31,32)33. The third kappa shape index (κ3) is 3.53. The van der Waals surface area contributed by atoms with Crippen LogP contribution < -0.4 is 0 Å². The molecule has 0 spiro atoms. The van der Waals surface area contributed by atoms with Gasteiger partial charge < -0.3 is 0 Å². The Hall–Kier alpha value is -1.87. The molecule has 0 bridgehead atoms. The minimum Gasteiger partial charge on any atom is -0.254 e. The molecule has 0 rings (SSSR count). The average molecular weight is 566 g/mol. The summed E-state index contributed by atoms with van der Waals surface area (Å²) in [4.78, 5) is 9.61. The predicted molar refractivity (Wildman–Crippen MR) is 56.7 cm³/mol. The second kappa shape index (κ2) is 7.56. The van der Waals surface area contributed by atoms with Crippen molar-refractivity contribution in [2.24, 2.45) is 0 Å². The number of hydrogen-bond donors (Lipinski definition) is 0. The lowest BCUT2D eigenvalue weighted by Gasteiger charge is -2.44. The van der Waals surface area contributed by atoms with Crippen molar-refractivity contribution in [1.82, 2.24) is 0 Å². The van der Waals surface area contributed by atoms with Crippen LogP contribution in [0.15, 0.2) is 0 Å². The fourth-order valence-electron chi connectivity index (χ4n) is 1.68. The summed E-state index contributed by atoms with van der Waals surface area (Å²) in [6.45, 7) is 0. The molecule has 204 valence electrons. The highest BCUT2D eigenvalue weighted by Gasteiger charge is 2.98. The van der Waals surface area contributed by atoms with E-state index in [1.165, 1.54) is 0 Å². The Morgan fingerprint density at radius 2 is 0.500 bits per heavy atom. The van der Waals surface area contributed by atoms with E-state index in [1.54, 1.807) is 0 Å². The second-order valence-electron chi connectivity index (χ2n) is 5.94. The van der Waals surface area contributed by atoms with Crippen LogP contribution in [0.25, 0.3) is 0 Å². The zero-order valence-corrected chi connectivity index (χ0v) is 14.2. The molecule has 0 aliphatic carbocycles. The number of carbonyl (C=O) groups is 1. The van der Waals surface area contributed by atoms with Gasteiger partial charge in [0.15, 0.2) is 0 Å². The lowest BCUT2D eigenvalue weighted by molar-refractivity contribution is -0.473. The third-order valence-corrected chi connectivity index (χ3v) is 3.76. The maximum absolute atomic E-state index is 13.2. The van der Waals surface area contributed by atoms with Crippen LogP contribution in [0.2, 0.25) is 0 Å². The number of halogens is 22. The molecule has 0 saturated heterocycles. The molecule has 0 amide bonds. The van der Waals surface area contributed by atoms with Gasteiger partial charge in [0.1, 0.15) is 0 Å². The van der Waals surface area contributed by atoms with Gasteiger partial charge in [-0.2, -0.15) is 96.6 Å². The Bertz CT molecular complexity index is 785. The summed E-state index contributed by atoms with van der Waals surface area (Å²) in [7, 11) is 0. The smallest absolute Gasteiger partial charge is 0.254 e. The van der Waals surface area contributed by atoms with Gasteiger partial charge in [0.2, 0.25) is 0 Å². The molecular formula is C11F22O. The Kier molecular flexibility index (Phi) is 7.15. The molecule has 1 nitrogen and oxygen atoms in total. The van der Waals surface area contributed by atoms with Gasteiger partial charge in [-0.3, -0.25) is 4.79 Å². The maximum Gasteiger partial charge on any atom is 0.460 e. The number of rotatable bonds is 9. The van der Waals surface area contributed by atoms with Crippen LogP contribution in [0.5, 0.6) is 0 Å². The summed E-state index contributed by atoms with van der Waals surface area (Å²) in [6, 6.07) is -5.05. The van der Waals surface area contributed by atoms with Crippen molar-refractivity contribution >= 4 is 6.04 Å². The largest absolute Gasteiger partial charge is 0.460 e. The normalized spacial score (nSPS) is 16.6. The lowest BCUT2D eigenvalue weighted by atomic mass is 9.86. The molecule has 0 heterocycles. The third-order valence-electron chi connectivity index (χ3n) is 3.76. The van der Waals surface area contributed by atoms with E-state index in [2.05, 4.69) is 0 Å². The Balaban J connectivity index is 7.11. The van der Waals surface area contributed by atoms with E-state index in [9.17, 15) is 101 Å². The summed E-state index contributed by atoms with van der Waals surface area (Å²) in [5.74, 6) is -79.9. The number of hydrogen-bond acceptors (Lipinski definition) is 1. The molecular weight excluding hydrogens is 566 g/mol. The van der Waals surface area contributed by atoms with E-state index in [1.807, 2.05) is 0 Å². The molecule has 0 atom stereocenters. The minimum atomic E-state index is -9.32. The Morgan fingerprint density at radius 3 is 0.676 bits per heavy atom. The molecule has 34 heavy (non-hydrogen) atoms. The van der Waals surface area contributed by atoms with Crippen molar-refractivity contribution in [2.75, 3.05) is 0 Å². The summed E-state index contributed by atoms with van der Waals surface area (Å²) in [5, 5.41) is 0. The van der Waals surface area contributed by atoms with Gasteiger partial charge in [-0.1, -0.05) is 0 Å². The topological polar surface area (TPSA) is 17.1 Å². The monoisotopic (exact) mass is 566 g/mol. The van der Waals surface area contributed by atoms with Gasteiger partial charge in [-0.25, -0.2) is 0 Å². The van der Waals surface area contributed by atoms with Crippen molar-refractivity contribution < 1.29 is 101 Å². The van der Waals surface area contributed by atoms with Crippen molar-refractivity contribution in [3.8, 4) is 0 Å². The molecule has 0 radical (unpaired) electrons. The average Bonchev–Trinajstić information content (AvgIpc) is 2.58. The molecule has 0 unspecified atom stereocenters. The van der Waals surface area contributed by atoms with E-state index < -0.39 is 65.5 Å². The van der Waals surface area contributed by atoms with Crippen LogP contribution in [0.1, 0.15) is 0 Å². The van der Waals surface area contributed by atoms with E-state index in [0.29, 0.717) is 0 Å². The molecule has 0 fully saturated rings. The molecule has 0 aromatic rings. The molecule has 0 aromatic carbocycles. The van der Waals surface area contributed by atoms with Crippen LogP contribution >= 0.6 is 0 Å². The molecule has 0 aliphatic rings. The first-order valence-electron chi connectivity index (χ1n) is 6.86. The van der Waals surface area contributed by atoms with Gasteiger partial charge in [0.05, 0.1) is 0 Å². The Morgan fingerprint density at radius 1 is 0.324 bits per heavy atom. The zero-order chi connectivity index (χ0) is 28.6. The first kappa shape index (κ1) is 32.1. The highest BCUT2D eigenvalue weighted by atomic mass is 19.4. The fraction of sp³-hybridized carbons (Fsp3) is 0.909. The van der Waals surface area contributed by atoms with Gasteiger partial charge in [0, 0.05) is 0 Å². The van der Waals surface area contributed by atoms with Crippen LogP contribution in [-0.2, 0) is 4.79 Å². The van der Waals surface area contributed by atoms with Crippen molar-refractivity contribution in [2.45, 2.75) is 59.5 Å². The first-order chi connectivity index (χ1) is 14.2. The van der Waals surface area contributed by atoms with Gasteiger partial charge in [-0.05, 0) is 0 Å². The van der Waals surface area contributed by atoms with E-state index >= 15 is 0 Å². The van der Waals surface area contributed by atoms with Gasteiger partial charge >= 0.3 is 65.5 Å². The molecule has 0 saturated carbocycles. The molecule has 0 aromatic heterocycles. The summed E-state index contributed by atoms with van der Waals surface area (Å²) < 4.78 is 281. The van der Waals surface area contributed by atoms with E-state index in [4.69, 9.17) is 0 Å². The number of carbonyl (C=O) groups excluding carboxylic acids is 1.